The van der Waals surface area contributed by atoms with Crippen molar-refractivity contribution >= 4 is 28.2 Å². The van der Waals surface area contributed by atoms with Gasteiger partial charge < -0.3 is 10.3 Å². The van der Waals surface area contributed by atoms with E-state index < -0.39 is 50.9 Å². The summed E-state index contributed by atoms with van der Waals surface area (Å²) in [5.74, 6) is -4.70. The lowest BCUT2D eigenvalue weighted by atomic mass is 10.1. The second-order valence-corrected chi connectivity index (χ2v) is 5.29. The summed E-state index contributed by atoms with van der Waals surface area (Å²) in [6, 6.07) is 4.07. The zero-order chi connectivity index (χ0) is 18.3. The van der Waals surface area contributed by atoms with Gasteiger partial charge in [-0.3, -0.25) is 9.59 Å². The van der Waals surface area contributed by atoms with Crippen LogP contribution in [-0.2, 0) is 0 Å². The van der Waals surface area contributed by atoms with Crippen molar-refractivity contribution in [1.82, 2.24) is 4.98 Å². The Morgan fingerprint density at radius 2 is 1.64 bits per heavy atom. The lowest BCUT2D eigenvalue weighted by molar-refractivity contribution is 0.101. The number of hydrogen-bond acceptors (Lipinski definition) is 3. The molecule has 0 spiro atoms. The van der Waals surface area contributed by atoms with Crippen molar-refractivity contribution in [3.05, 3.63) is 69.4 Å². The predicted molar refractivity (Wildman–Crippen MR) is 84.1 cm³/mol. The van der Waals surface area contributed by atoms with Crippen LogP contribution in [0, 0.1) is 23.3 Å². The van der Waals surface area contributed by atoms with E-state index in [1.165, 1.54) is 0 Å². The number of nitrogens with one attached hydrogen (secondary N) is 2. The predicted octanol–water partition coefficient (Wildman–Crippen LogP) is 4.03. The smallest absolute Gasteiger partial charge is 0.205 e. The van der Waals surface area contributed by atoms with E-state index in [0.717, 1.165) is 37.3 Å². The fraction of sp³-hybridized carbons (Fsp3) is 0.0588. The van der Waals surface area contributed by atoms with Gasteiger partial charge in [-0.2, -0.15) is 0 Å². The first kappa shape index (κ1) is 16.7. The Kier molecular flexibility index (Phi) is 4.03. The molecule has 0 aliphatic rings. The highest BCUT2D eigenvalue weighted by Gasteiger charge is 2.21. The van der Waals surface area contributed by atoms with Crippen LogP contribution in [0.4, 0.5) is 29.1 Å². The van der Waals surface area contributed by atoms with Gasteiger partial charge in [-0.15, -0.1) is 0 Å². The molecule has 4 nitrogen and oxygen atoms in total. The van der Waals surface area contributed by atoms with Gasteiger partial charge in [-0.05, 0) is 31.2 Å². The molecule has 25 heavy (non-hydrogen) atoms. The first-order valence-corrected chi connectivity index (χ1v) is 7.06. The highest BCUT2D eigenvalue weighted by atomic mass is 19.1. The molecule has 0 unspecified atom stereocenters. The number of aromatic nitrogens is 1. The van der Waals surface area contributed by atoms with Gasteiger partial charge >= 0.3 is 0 Å². The Labute approximate surface area is 138 Å². The van der Waals surface area contributed by atoms with Gasteiger partial charge in [0, 0.05) is 6.07 Å². The van der Waals surface area contributed by atoms with Crippen LogP contribution in [0.15, 0.2) is 35.1 Å². The molecule has 0 aliphatic heterocycles. The number of hydrogen-bond donors (Lipinski definition) is 2. The number of halogens is 4. The summed E-state index contributed by atoms with van der Waals surface area (Å²) in [6.07, 6.45) is 0. The number of carbonyl (C=O) groups is 1. The summed E-state index contributed by atoms with van der Waals surface area (Å²) < 4.78 is 55.0. The second kappa shape index (κ2) is 6.04. The van der Waals surface area contributed by atoms with Gasteiger partial charge in [0.1, 0.15) is 34.7 Å². The van der Waals surface area contributed by atoms with Gasteiger partial charge in [0.2, 0.25) is 5.43 Å². The SMILES string of the molecule is CC(=O)c1c(Nc2cc(F)ccc2F)[nH]c2c(F)ccc(F)c2c1=O. The van der Waals surface area contributed by atoms with Crippen LogP contribution < -0.4 is 10.7 Å². The van der Waals surface area contributed by atoms with E-state index in [1.54, 1.807) is 0 Å². The number of anilines is 2. The van der Waals surface area contributed by atoms with Crippen LogP contribution in [0.3, 0.4) is 0 Å². The maximum atomic E-state index is 14.0. The summed E-state index contributed by atoms with van der Waals surface area (Å²) in [5.41, 5.74) is -2.46. The molecular weight excluding hydrogens is 340 g/mol. The van der Waals surface area contributed by atoms with Crippen molar-refractivity contribution in [2.45, 2.75) is 6.92 Å². The Morgan fingerprint density at radius 3 is 2.32 bits per heavy atom. The van der Waals surface area contributed by atoms with Crippen LogP contribution >= 0.6 is 0 Å². The molecule has 0 saturated heterocycles. The quantitative estimate of drug-likeness (QED) is 0.554. The first-order valence-electron chi connectivity index (χ1n) is 7.06. The fourth-order valence-electron chi connectivity index (χ4n) is 2.48. The van der Waals surface area contributed by atoms with E-state index in [2.05, 4.69) is 10.3 Å². The van der Waals surface area contributed by atoms with Crippen molar-refractivity contribution < 1.29 is 22.4 Å². The molecular formula is C17H10F4N2O2. The number of carbonyl (C=O) groups excluding carboxylic acids is 1. The molecule has 3 aromatic rings. The lowest BCUT2D eigenvalue weighted by Crippen LogP contribution is -2.19. The monoisotopic (exact) mass is 350 g/mol. The minimum Gasteiger partial charge on any atom is -0.339 e. The third kappa shape index (κ3) is 2.86. The molecule has 1 aromatic heterocycles. The van der Waals surface area contributed by atoms with Gasteiger partial charge in [0.05, 0.1) is 16.6 Å². The van der Waals surface area contributed by atoms with E-state index in [9.17, 15) is 27.2 Å². The Bertz CT molecular complexity index is 1080. The summed E-state index contributed by atoms with van der Waals surface area (Å²) >= 11 is 0. The molecule has 0 atom stereocenters. The summed E-state index contributed by atoms with van der Waals surface area (Å²) in [7, 11) is 0. The minimum absolute atomic E-state index is 0.362. The summed E-state index contributed by atoms with van der Waals surface area (Å²) in [6.45, 7) is 1.04. The van der Waals surface area contributed by atoms with Crippen molar-refractivity contribution in [3.63, 3.8) is 0 Å². The minimum atomic E-state index is -1.06. The van der Waals surface area contributed by atoms with E-state index in [0.29, 0.717) is 0 Å². The molecule has 0 aliphatic carbocycles. The van der Waals surface area contributed by atoms with Gasteiger partial charge in [-0.1, -0.05) is 0 Å². The van der Waals surface area contributed by atoms with Crippen molar-refractivity contribution in [1.29, 1.82) is 0 Å². The topological polar surface area (TPSA) is 62.0 Å². The van der Waals surface area contributed by atoms with Crippen LogP contribution in [0.25, 0.3) is 10.9 Å². The maximum Gasteiger partial charge on any atom is 0.205 e. The molecule has 0 bridgehead atoms. The van der Waals surface area contributed by atoms with Crippen molar-refractivity contribution in [2.75, 3.05) is 5.32 Å². The number of benzene rings is 2. The molecule has 2 aromatic carbocycles. The van der Waals surface area contributed by atoms with Crippen LogP contribution in [0.1, 0.15) is 17.3 Å². The van der Waals surface area contributed by atoms with Gasteiger partial charge in [0.25, 0.3) is 0 Å². The van der Waals surface area contributed by atoms with Gasteiger partial charge in [-0.25, -0.2) is 17.6 Å². The fourth-order valence-corrected chi connectivity index (χ4v) is 2.48. The average Bonchev–Trinajstić information content (AvgIpc) is 2.54. The van der Waals surface area contributed by atoms with Crippen LogP contribution in [-0.4, -0.2) is 10.8 Å². The number of rotatable bonds is 3. The Balaban J connectivity index is 2.32. The van der Waals surface area contributed by atoms with Crippen molar-refractivity contribution in [2.24, 2.45) is 0 Å². The standard InChI is InChI=1S/C17H10F4N2O2/c1-7(24)13-16(25)14-10(20)4-5-11(21)15(14)23-17(13)22-12-6-8(18)2-3-9(12)19/h2-6H,1H3,(H2,22,23,25). The van der Waals surface area contributed by atoms with Gasteiger partial charge in [0.15, 0.2) is 5.78 Å². The number of pyridine rings is 1. The Hall–Kier alpha value is -3.16. The number of aromatic amines is 1. The number of Topliss-reactive ketones (excluding diaryl/α,β-unsaturated/α-hetero) is 1. The molecule has 0 amide bonds. The summed E-state index contributed by atoms with van der Waals surface area (Å²) in [4.78, 5) is 26.7. The van der Waals surface area contributed by atoms with Crippen LogP contribution in [0.2, 0.25) is 0 Å². The average molecular weight is 350 g/mol. The van der Waals surface area contributed by atoms with E-state index in [-0.39, 0.29) is 11.5 Å². The lowest BCUT2D eigenvalue weighted by Gasteiger charge is -2.13. The number of fused-ring (bicyclic) bond motifs is 1. The molecule has 128 valence electrons. The van der Waals surface area contributed by atoms with Crippen molar-refractivity contribution in [3.8, 4) is 0 Å². The first-order chi connectivity index (χ1) is 11.8. The zero-order valence-electron chi connectivity index (χ0n) is 12.7. The molecule has 0 fully saturated rings. The highest BCUT2D eigenvalue weighted by molar-refractivity contribution is 6.02. The largest absolute Gasteiger partial charge is 0.339 e. The zero-order valence-corrected chi connectivity index (χ0v) is 12.7. The highest BCUT2D eigenvalue weighted by Crippen LogP contribution is 2.25. The molecule has 1 heterocycles. The molecule has 2 N–H and O–H groups in total. The van der Waals surface area contributed by atoms with E-state index in [4.69, 9.17) is 0 Å². The normalized spacial score (nSPS) is 10.9. The number of ketones is 1. The molecule has 8 heteroatoms. The third-order valence-corrected chi connectivity index (χ3v) is 3.60. The Morgan fingerprint density at radius 1 is 1.00 bits per heavy atom. The third-order valence-electron chi connectivity index (χ3n) is 3.60. The van der Waals surface area contributed by atoms with E-state index >= 15 is 0 Å². The summed E-state index contributed by atoms with van der Waals surface area (Å²) in [5, 5.41) is 1.73. The molecule has 3 rings (SSSR count). The molecule has 0 radical (unpaired) electrons. The van der Waals surface area contributed by atoms with E-state index in [1.807, 2.05) is 0 Å². The maximum absolute atomic E-state index is 14.0. The number of H-pyrrole nitrogens is 1. The molecule has 0 saturated carbocycles. The second-order valence-electron chi connectivity index (χ2n) is 5.29. The van der Waals surface area contributed by atoms with Crippen LogP contribution in [0.5, 0.6) is 0 Å².